The molecule has 4 rings (SSSR count). The number of pyridine rings is 1. The quantitative estimate of drug-likeness (QED) is 0.748. The standard InChI is InChI=1S/C18H22N4O2/c1-11-21-15-10-20-18-14(7-8-19-18)17(15)22(11)13-5-3-12(4-6-13)9-16(23)24-2/h7-8,10,12-13H,3-6,9H2,1-2H3,(H,19,20). The second-order valence-electron chi connectivity index (χ2n) is 6.72. The molecule has 0 aromatic carbocycles. The minimum Gasteiger partial charge on any atom is -0.469 e. The summed E-state index contributed by atoms with van der Waals surface area (Å²) < 4.78 is 7.18. The minimum absolute atomic E-state index is 0.0946. The van der Waals surface area contributed by atoms with Gasteiger partial charge in [0, 0.05) is 24.0 Å². The van der Waals surface area contributed by atoms with E-state index >= 15 is 0 Å². The molecule has 24 heavy (non-hydrogen) atoms. The fourth-order valence-electron chi connectivity index (χ4n) is 4.08. The highest BCUT2D eigenvalue weighted by molar-refractivity contribution is 6.01. The molecule has 0 bridgehead atoms. The summed E-state index contributed by atoms with van der Waals surface area (Å²) in [7, 11) is 1.46. The summed E-state index contributed by atoms with van der Waals surface area (Å²) >= 11 is 0. The van der Waals surface area contributed by atoms with Gasteiger partial charge in [-0.15, -0.1) is 0 Å². The maximum absolute atomic E-state index is 11.5. The zero-order valence-electron chi connectivity index (χ0n) is 14.1. The number of imidazole rings is 1. The molecule has 6 nitrogen and oxygen atoms in total. The lowest BCUT2D eigenvalue weighted by Crippen LogP contribution is -2.21. The largest absolute Gasteiger partial charge is 0.469 e. The molecule has 1 fully saturated rings. The van der Waals surface area contributed by atoms with Crippen molar-refractivity contribution in [2.75, 3.05) is 7.11 Å². The Hall–Kier alpha value is -2.37. The van der Waals surface area contributed by atoms with E-state index in [9.17, 15) is 4.79 Å². The smallest absolute Gasteiger partial charge is 0.305 e. The lowest BCUT2D eigenvalue weighted by molar-refractivity contribution is -0.142. The first-order chi connectivity index (χ1) is 11.7. The van der Waals surface area contributed by atoms with Crippen LogP contribution in [-0.4, -0.2) is 32.6 Å². The van der Waals surface area contributed by atoms with Crippen molar-refractivity contribution in [1.82, 2.24) is 19.5 Å². The van der Waals surface area contributed by atoms with Crippen LogP contribution < -0.4 is 0 Å². The van der Waals surface area contributed by atoms with Crippen molar-refractivity contribution in [3.05, 3.63) is 24.3 Å². The third kappa shape index (κ3) is 2.46. The average molecular weight is 326 g/mol. The van der Waals surface area contributed by atoms with Crippen LogP contribution in [0.2, 0.25) is 0 Å². The Kier molecular flexibility index (Phi) is 3.75. The van der Waals surface area contributed by atoms with E-state index < -0.39 is 0 Å². The highest BCUT2D eigenvalue weighted by Crippen LogP contribution is 2.37. The molecule has 3 aromatic heterocycles. The van der Waals surface area contributed by atoms with Crippen LogP contribution in [-0.2, 0) is 9.53 Å². The van der Waals surface area contributed by atoms with E-state index in [1.165, 1.54) is 12.6 Å². The normalized spacial score (nSPS) is 21.4. The number of rotatable bonds is 3. The lowest BCUT2D eigenvalue weighted by Gasteiger charge is -2.30. The van der Waals surface area contributed by atoms with Gasteiger partial charge in [0.05, 0.1) is 18.8 Å². The summed E-state index contributed by atoms with van der Waals surface area (Å²) in [4.78, 5) is 23.8. The number of aryl methyl sites for hydroxylation is 1. The van der Waals surface area contributed by atoms with E-state index in [4.69, 9.17) is 9.72 Å². The van der Waals surface area contributed by atoms with Crippen molar-refractivity contribution >= 4 is 28.0 Å². The second-order valence-corrected chi connectivity index (χ2v) is 6.72. The number of nitrogens with zero attached hydrogens (tertiary/aromatic N) is 3. The molecule has 3 heterocycles. The van der Waals surface area contributed by atoms with E-state index in [0.717, 1.165) is 48.1 Å². The van der Waals surface area contributed by atoms with Gasteiger partial charge in [0.2, 0.25) is 0 Å². The molecule has 0 aliphatic heterocycles. The van der Waals surface area contributed by atoms with Crippen molar-refractivity contribution in [1.29, 1.82) is 0 Å². The fraction of sp³-hybridized carbons (Fsp3) is 0.500. The number of nitrogens with one attached hydrogen (secondary N) is 1. The van der Waals surface area contributed by atoms with Crippen molar-refractivity contribution in [2.24, 2.45) is 5.92 Å². The van der Waals surface area contributed by atoms with Gasteiger partial charge < -0.3 is 14.3 Å². The topological polar surface area (TPSA) is 72.8 Å². The third-order valence-corrected chi connectivity index (χ3v) is 5.28. The number of carbonyl (C=O) groups is 1. The summed E-state index contributed by atoms with van der Waals surface area (Å²) in [6.07, 6.45) is 8.57. The molecule has 126 valence electrons. The Morgan fingerprint density at radius 3 is 2.92 bits per heavy atom. The Bertz CT molecular complexity index is 887. The van der Waals surface area contributed by atoms with Crippen LogP contribution in [0.4, 0.5) is 0 Å². The molecule has 3 aromatic rings. The Morgan fingerprint density at radius 1 is 1.38 bits per heavy atom. The van der Waals surface area contributed by atoms with E-state index in [2.05, 4.69) is 27.5 Å². The first-order valence-corrected chi connectivity index (χ1v) is 8.55. The molecule has 0 spiro atoms. The van der Waals surface area contributed by atoms with Crippen molar-refractivity contribution in [3.63, 3.8) is 0 Å². The van der Waals surface area contributed by atoms with Crippen LogP contribution in [0.1, 0.15) is 44.0 Å². The number of carbonyl (C=O) groups excluding carboxylic acids is 1. The van der Waals surface area contributed by atoms with Gasteiger partial charge in [0.25, 0.3) is 0 Å². The number of H-pyrrole nitrogens is 1. The van der Waals surface area contributed by atoms with Crippen molar-refractivity contribution < 1.29 is 9.53 Å². The molecule has 1 aliphatic rings. The van der Waals surface area contributed by atoms with E-state index in [-0.39, 0.29) is 5.97 Å². The van der Waals surface area contributed by atoms with Gasteiger partial charge in [-0.05, 0) is 44.6 Å². The Morgan fingerprint density at radius 2 is 2.17 bits per heavy atom. The second kappa shape index (κ2) is 5.92. The molecule has 1 saturated carbocycles. The van der Waals surface area contributed by atoms with Gasteiger partial charge in [0.15, 0.2) is 0 Å². The summed E-state index contributed by atoms with van der Waals surface area (Å²) in [6.45, 7) is 2.07. The van der Waals surface area contributed by atoms with E-state index in [0.29, 0.717) is 18.4 Å². The van der Waals surface area contributed by atoms with Crippen LogP contribution in [0.25, 0.3) is 22.1 Å². The number of aromatic amines is 1. The molecule has 6 heteroatoms. The van der Waals surface area contributed by atoms with Gasteiger partial charge in [-0.1, -0.05) is 0 Å². The van der Waals surface area contributed by atoms with Crippen LogP contribution in [0, 0.1) is 12.8 Å². The predicted molar refractivity (Wildman–Crippen MR) is 91.7 cm³/mol. The Balaban J connectivity index is 1.64. The molecule has 0 atom stereocenters. The summed E-state index contributed by atoms with van der Waals surface area (Å²) in [5, 5.41) is 1.13. The van der Waals surface area contributed by atoms with Gasteiger partial charge in [-0.3, -0.25) is 4.79 Å². The number of esters is 1. The van der Waals surface area contributed by atoms with Gasteiger partial charge in [-0.2, -0.15) is 0 Å². The van der Waals surface area contributed by atoms with Gasteiger partial charge in [0.1, 0.15) is 17.0 Å². The van der Waals surface area contributed by atoms with E-state index in [1.54, 1.807) is 0 Å². The van der Waals surface area contributed by atoms with Crippen LogP contribution in [0.3, 0.4) is 0 Å². The van der Waals surface area contributed by atoms with Gasteiger partial charge >= 0.3 is 5.97 Å². The summed E-state index contributed by atoms with van der Waals surface area (Å²) in [5.41, 5.74) is 3.04. The van der Waals surface area contributed by atoms with Crippen molar-refractivity contribution in [3.8, 4) is 0 Å². The summed E-state index contributed by atoms with van der Waals surface area (Å²) in [5.74, 6) is 1.39. The maximum atomic E-state index is 11.5. The molecule has 0 radical (unpaired) electrons. The number of fused-ring (bicyclic) bond motifs is 3. The average Bonchev–Trinajstić information content (AvgIpc) is 3.18. The lowest BCUT2D eigenvalue weighted by atomic mass is 9.84. The molecule has 1 N–H and O–H groups in total. The minimum atomic E-state index is -0.0946. The zero-order chi connectivity index (χ0) is 16.7. The molecular weight excluding hydrogens is 304 g/mol. The first kappa shape index (κ1) is 15.2. The van der Waals surface area contributed by atoms with Crippen LogP contribution in [0.5, 0.6) is 0 Å². The first-order valence-electron chi connectivity index (χ1n) is 8.55. The Labute approximate surface area is 140 Å². The monoisotopic (exact) mass is 326 g/mol. The molecule has 1 aliphatic carbocycles. The highest BCUT2D eigenvalue weighted by Gasteiger charge is 2.27. The zero-order valence-corrected chi connectivity index (χ0v) is 14.1. The molecule has 0 amide bonds. The molecule has 0 unspecified atom stereocenters. The third-order valence-electron chi connectivity index (χ3n) is 5.28. The van der Waals surface area contributed by atoms with Crippen LogP contribution >= 0.6 is 0 Å². The number of ether oxygens (including phenoxy) is 1. The van der Waals surface area contributed by atoms with E-state index in [1.807, 2.05) is 12.4 Å². The summed E-state index contributed by atoms with van der Waals surface area (Å²) in [6, 6.07) is 2.51. The van der Waals surface area contributed by atoms with Gasteiger partial charge in [-0.25, -0.2) is 9.97 Å². The number of hydrogen-bond acceptors (Lipinski definition) is 4. The van der Waals surface area contributed by atoms with Crippen molar-refractivity contribution in [2.45, 2.75) is 45.1 Å². The highest BCUT2D eigenvalue weighted by atomic mass is 16.5. The molecular formula is C18H22N4O2. The number of methoxy groups -OCH3 is 1. The number of hydrogen-bond donors (Lipinski definition) is 1. The van der Waals surface area contributed by atoms with Crippen LogP contribution in [0.15, 0.2) is 18.5 Å². The molecule has 0 saturated heterocycles. The predicted octanol–water partition coefficient (Wildman–Crippen LogP) is 3.52. The SMILES string of the molecule is COC(=O)CC1CCC(n2c(C)nc3cnc4[nH]ccc4c32)CC1. The number of aromatic nitrogens is 4. The fourth-order valence-corrected chi connectivity index (χ4v) is 4.08. The maximum Gasteiger partial charge on any atom is 0.305 e.